The Morgan fingerprint density at radius 3 is 2.37 bits per heavy atom. The number of rotatable bonds is 5. The number of nitrogens with zero attached hydrogens (tertiary/aromatic N) is 1. The number of nitrogens with two attached hydrogens (primary N) is 1. The van der Waals surface area contributed by atoms with Gasteiger partial charge in [0, 0.05) is 25.6 Å². The predicted molar refractivity (Wildman–Crippen MR) is 78.4 cm³/mol. The van der Waals surface area contributed by atoms with Crippen molar-refractivity contribution >= 4 is 18.3 Å². The second-order valence-electron chi connectivity index (χ2n) is 5.52. The van der Waals surface area contributed by atoms with E-state index in [1.807, 2.05) is 0 Å². The lowest BCUT2D eigenvalue weighted by atomic mass is 10.0. The summed E-state index contributed by atoms with van der Waals surface area (Å²) >= 11 is 0. The van der Waals surface area contributed by atoms with E-state index in [1.54, 1.807) is 0 Å². The molecule has 2 N–H and O–H groups in total. The smallest absolute Gasteiger partial charge is 0.225 e. The van der Waals surface area contributed by atoms with E-state index in [0.717, 1.165) is 51.8 Å². The summed E-state index contributed by atoms with van der Waals surface area (Å²) in [7, 11) is 0. The van der Waals surface area contributed by atoms with E-state index in [2.05, 4.69) is 4.90 Å². The largest absolute Gasteiger partial charge is 0.378 e. The fraction of sp³-hybridized carbons (Fsp3) is 0.929. The topological polar surface area (TPSA) is 55.6 Å². The summed E-state index contributed by atoms with van der Waals surface area (Å²) < 4.78 is 5.76. The van der Waals surface area contributed by atoms with Crippen LogP contribution >= 0.6 is 12.4 Å². The predicted octanol–water partition coefficient (Wildman–Crippen LogP) is 1.95. The van der Waals surface area contributed by atoms with Crippen molar-refractivity contribution in [1.29, 1.82) is 0 Å². The zero-order valence-electron chi connectivity index (χ0n) is 11.7. The standard InChI is InChI=1S/C14H26N2O2.ClH/c15-8-3-11-18-13-6-9-16(10-7-13)14(17)12-4-1-2-5-12;/h12-13H,1-11,15H2;1H. The SMILES string of the molecule is Cl.NCCCOC1CCN(C(=O)C2CCCC2)CC1. The van der Waals surface area contributed by atoms with E-state index in [0.29, 0.717) is 24.5 Å². The van der Waals surface area contributed by atoms with Crippen LogP contribution in [0.2, 0.25) is 0 Å². The highest BCUT2D eigenvalue weighted by Gasteiger charge is 2.29. The van der Waals surface area contributed by atoms with Gasteiger partial charge in [-0.15, -0.1) is 12.4 Å². The van der Waals surface area contributed by atoms with Gasteiger partial charge < -0.3 is 15.4 Å². The number of halogens is 1. The van der Waals surface area contributed by atoms with E-state index in [1.165, 1.54) is 12.8 Å². The van der Waals surface area contributed by atoms with Crippen LogP contribution in [-0.4, -0.2) is 43.2 Å². The summed E-state index contributed by atoms with van der Waals surface area (Å²) in [4.78, 5) is 14.3. The first-order valence-electron chi connectivity index (χ1n) is 7.41. The molecule has 5 heteroatoms. The molecule has 2 rings (SSSR count). The third-order valence-corrected chi connectivity index (χ3v) is 4.16. The molecular weight excluding hydrogens is 264 g/mol. The maximum Gasteiger partial charge on any atom is 0.225 e. The Morgan fingerprint density at radius 1 is 1.16 bits per heavy atom. The average Bonchev–Trinajstić information content (AvgIpc) is 2.93. The van der Waals surface area contributed by atoms with Crippen LogP contribution in [0.3, 0.4) is 0 Å². The maximum absolute atomic E-state index is 12.2. The van der Waals surface area contributed by atoms with E-state index in [4.69, 9.17) is 10.5 Å². The number of carbonyl (C=O) groups excluding carboxylic acids is 1. The summed E-state index contributed by atoms with van der Waals surface area (Å²) in [5, 5.41) is 0. The average molecular weight is 291 g/mol. The molecule has 1 aliphatic heterocycles. The molecule has 0 unspecified atom stereocenters. The fourth-order valence-electron chi connectivity index (χ4n) is 3.01. The molecule has 0 aromatic carbocycles. The first-order chi connectivity index (χ1) is 8.81. The molecule has 112 valence electrons. The van der Waals surface area contributed by atoms with Crippen LogP contribution in [0.15, 0.2) is 0 Å². The minimum Gasteiger partial charge on any atom is -0.378 e. The molecule has 0 radical (unpaired) electrons. The molecule has 2 fully saturated rings. The first-order valence-corrected chi connectivity index (χ1v) is 7.41. The quantitative estimate of drug-likeness (QED) is 0.788. The third-order valence-electron chi connectivity index (χ3n) is 4.16. The summed E-state index contributed by atoms with van der Waals surface area (Å²) in [6.07, 6.45) is 7.92. The van der Waals surface area contributed by atoms with E-state index >= 15 is 0 Å². The second kappa shape index (κ2) is 8.77. The molecule has 0 atom stereocenters. The number of hydrogen-bond acceptors (Lipinski definition) is 3. The van der Waals surface area contributed by atoms with Gasteiger partial charge in [-0.2, -0.15) is 0 Å². The Kier molecular flexibility index (Phi) is 7.73. The van der Waals surface area contributed by atoms with Crippen LogP contribution in [0.25, 0.3) is 0 Å². The zero-order valence-corrected chi connectivity index (χ0v) is 12.5. The normalized spacial score (nSPS) is 21.4. The molecule has 0 aromatic heterocycles. The van der Waals surface area contributed by atoms with Gasteiger partial charge in [-0.1, -0.05) is 12.8 Å². The summed E-state index contributed by atoms with van der Waals surface area (Å²) in [5.74, 6) is 0.715. The fourth-order valence-corrected chi connectivity index (χ4v) is 3.01. The lowest BCUT2D eigenvalue weighted by Gasteiger charge is -2.33. The van der Waals surface area contributed by atoms with E-state index < -0.39 is 0 Å². The molecule has 19 heavy (non-hydrogen) atoms. The number of piperidine rings is 1. The van der Waals surface area contributed by atoms with Crippen LogP contribution in [0.1, 0.15) is 44.9 Å². The Labute approximate surface area is 122 Å². The molecule has 1 heterocycles. The Bertz CT molecular complexity index is 262. The van der Waals surface area contributed by atoms with Gasteiger partial charge in [-0.3, -0.25) is 4.79 Å². The first kappa shape index (κ1) is 16.7. The molecule has 4 nitrogen and oxygen atoms in total. The molecule has 1 aliphatic carbocycles. The monoisotopic (exact) mass is 290 g/mol. The van der Waals surface area contributed by atoms with Crippen LogP contribution in [0.4, 0.5) is 0 Å². The van der Waals surface area contributed by atoms with E-state index in [-0.39, 0.29) is 12.4 Å². The van der Waals surface area contributed by atoms with Gasteiger partial charge in [0.2, 0.25) is 5.91 Å². The number of amides is 1. The highest BCUT2D eigenvalue weighted by Crippen LogP contribution is 2.27. The highest BCUT2D eigenvalue weighted by molar-refractivity contribution is 5.85. The Morgan fingerprint density at radius 2 is 1.79 bits per heavy atom. The van der Waals surface area contributed by atoms with Crippen molar-refractivity contribution in [2.45, 2.75) is 51.0 Å². The molecule has 0 bridgehead atoms. The van der Waals surface area contributed by atoms with Crippen molar-refractivity contribution < 1.29 is 9.53 Å². The molecular formula is C14H27ClN2O2. The van der Waals surface area contributed by atoms with Gasteiger partial charge >= 0.3 is 0 Å². The molecule has 2 aliphatic rings. The van der Waals surface area contributed by atoms with Gasteiger partial charge in [0.05, 0.1) is 6.10 Å². The highest BCUT2D eigenvalue weighted by atomic mass is 35.5. The minimum absolute atomic E-state index is 0. The van der Waals surface area contributed by atoms with Crippen LogP contribution in [0.5, 0.6) is 0 Å². The Hall–Kier alpha value is -0.320. The van der Waals surface area contributed by atoms with Gasteiger partial charge in [-0.05, 0) is 38.6 Å². The van der Waals surface area contributed by atoms with Crippen molar-refractivity contribution in [3.05, 3.63) is 0 Å². The number of likely N-dealkylation sites (tertiary alicyclic amines) is 1. The van der Waals surface area contributed by atoms with Gasteiger partial charge in [0.25, 0.3) is 0 Å². The van der Waals surface area contributed by atoms with Crippen molar-refractivity contribution in [2.24, 2.45) is 11.7 Å². The minimum atomic E-state index is 0. The number of carbonyl (C=O) groups is 1. The Balaban J connectivity index is 0.00000180. The van der Waals surface area contributed by atoms with Crippen molar-refractivity contribution in [3.8, 4) is 0 Å². The third kappa shape index (κ3) is 4.93. The summed E-state index contributed by atoms with van der Waals surface area (Å²) in [6.45, 7) is 3.21. The number of hydrogen-bond donors (Lipinski definition) is 1. The van der Waals surface area contributed by atoms with Crippen molar-refractivity contribution in [2.75, 3.05) is 26.2 Å². The maximum atomic E-state index is 12.2. The lowest BCUT2D eigenvalue weighted by Crippen LogP contribution is -2.43. The molecule has 1 amide bonds. The van der Waals surface area contributed by atoms with Crippen LogP contribution in [-0.2, 0) is 9.53 Å². The zero-order chi connectivity index (χ0) is 12.8. The number of ether oxygens (including phenoxy) is 1. The lowest BCUT2D eigenvalue weighted by molar-refractivity contribution is -0.138. The van der Waals surface area contributed by atoms with Gasteiger partial charge in [0.15, 0.2) is 0 Å². The summed E-state index contributed by atoms with van der Waals surface area (Å²) in [5.41, 5.74) is 5.44. The molecule has 1 saturated carbocycles. The van der Waals surface area contributed by atoms with Gasteiger partial charge in [-0.25, -0.2) is 0 Å². The molecule has 0 spiro atoms. The van der Waals surface area contributed by atoms with Crippen molar-refractivity contribution in [1.82, 2.24) is 4.90 Å². The van der Waals surface area contributed by atoms with Crippen LogP contribution in [0, 0.1) is 5.92 Å². The van der Waals surface area contributed by atoms with Crippen molar-refractivity contribution in [3.63, 3.8) is 0 Å². The molecule has 1 saturated heterocycles. The second-order valence-corrected chi connectivity index (χ2v) is 5.52. The molecule has 0 aromatic rings. The van der Waals surface area contributed by atoms with Crippen LogP contribution < -0.4 is 5.73 Å². The summed E-state index contributed by atoms with van der Waals surface area (Å²) in [6, 6.07) is 0. The van der Waals surface area contributed by atoms with E-state index in [9.17, 15) is 4.79 Å². The van der Waals surface area contributed by atoms with Gasteiger partial charge in [0.1, 0.15) is 0 Å².